The van der Waals surface area contributed by atoms with Gasteiger partial charge in [0.1, 0.15) is 23.5 Å². The summed E-state index contributed by atoms with van der Waals surface area (Å²) in [6.07, 6.45) is 3.00. The van der Waals surface area contributed by atoms with E-state index in [1.165, 1.54) is 10.4 Å². The van der Waals surface area contributed by atoms with Crippen molar-refractivity contribution in [2.24, 2.45) is 11.3 Å². The van der Waals surface area contributed by atoms with Crippen LogP contribution in [0, 0.1) is 11.3 Å². The van der Waals surface area contributed by atoms with Gasteiger partial charge in [-0.25, -0.2) is 0 Å². The predicted molar refractivity (Wildman–Crippen MR) is 130 cm³/mol. The molecule has 0 spiro atoms. The summed E-state index contributed by atoms with van der Waals surface area (Å²) in [5, 5.41) is 7.75. The van der Waals surface area contributed by atoms with Crippen molar-refractivity contribution in [3.8, 4) is 5.75 Å². The number of thiophene rings is 1. The van der Waals surface area contributed by atoms with Gasteiger partial charge in [-0.15, -0.1) is 11.3 Å². The molecule has 1 amide bonds. The molecule has 0 saturated carbocycles. The standard InChI is InChI=1S/C27H30N2O2S/c1-27(2,3)19-11-14-21-22(15-19)32-26-23(21)25(30)28-24(29-26)18-9-12-20(13-10-18)31-16-17-7-5-4-6-8-17/h4-10,12-13,19,24,29H,11,14-16H2,1-3H3,(H,28,30)/t19-,24-/m1/s1. The molecular weight excluding hydrogens is 416 g/mol. The Morgan fingerprint density at radius 1 is 1.03 bits per heavy atom. The molecule has 0 bridgehead atoms. The van der Waals surface area contributed by atoms with Gasteiger partial charge in [-0.05, 0) is 59.4 Å². The zero-order valence-corrected chi connectivity index (χ0v) is 19.7. The summed E-state index contributed by atoms with van der Waals surface area (Å²) in [6, 6.07) is 18.1. The largest absolute Gasteiger partial charge is 0.489 e. The van der Waals surface area contributed by atoms with E-state index >= 15 is 0 Å². The number of benzene rings is 2. The average molecular weight is 447 g/mol. The number of hydrogen-bond donors (Lipinski definition) is 2. The lowest BCUT2D eigenvalue weighted by Gasteiger charge is -2.34. The van der Waals surface area contributed by atoms with Crippen molar-refractivity contribution in [1.82, 2.24) is 5.32 Å². The summed E-state index contributed by atoms with van der Waals surface area (Å²) in [5.74, 6) is 1.53. The number of amides is 1. The minimum Gasteiger partial charge on any atom is -0.489 e. The first-order valence-corrected chi connectivity index (χ1v) is 12.2. The monoisotopic (exact) mass is 446 g/mol. The lowest BCUT2D eigenvalue weighted by Crippen LogP contribution is -2.38. The third-order valence-corrected chi connectivity index (χ3v) is 7.92. The molecule has 0 radical (unpaired) electrons. The first-order valence-electron chi connectivity index (χ1n) is 11.4. The number of fused-ring (bicyclic) bond motifs is 3. The number of rotatable bonds is 4. The molecule has 0 unspecified atom stereocenters. The number of carbonyl (C=O) groups excluding carboxylic acids is 1. The molecule has 2 N–H and O–H groups in total. The quantitative estimate of drug-likeness (QED) is 0.492. The highest BCUT2D eigenvalue weighted by Crippen LogP contribution is 2.46. The fourth-order valence-corrected chi connectivity index (χ4v) is 6.05. The van der Waals surface area contributed by atoms with Gasteiger partial charge in [-0.1, -0.05) is 63.2 Å². The molecule has 5 heteroatoms. The molecule has 0 fully saturated rings. The van der Waals surface area contributed by atoms with Gasteiger partial charge in [0.2, 0.25) is 0 Å². The lowest BCUT2D eigenvalue weighted by atomic mass is 9.72. The highest BCUT2D eigenvalue weighted by atomic mass is 32.1. The second kappa shape index (κ2) is 8.28. The van der Waals surface area contributed by atoms with Crippen molar-refractivity contribution < 1.29 is 9.53 Å². The van der Waals surface area contributed by atoms with E-state index in [-0.39, 0.29) is 12.1 Å². The molecule has 1 aliphatic carbocycles. The van der Waals surface area contributed by atoms with Crippen molar-refractivity contribution in [3.63, 3.8) is 0 Å². The SMILES string of the molecule is CC(C)(C)[C@@H]1CCc2c(sc3c2C(=O)N[C@@H](c2ccc(OCc4ccccc4)cc2)N3)C1. The van der Waals surface area contributed by atoms with Crippen molar-refractivity contribution in [3.05, 3.63) is 81.7 Å². The molecule has 2 atom stereocenters. The summed E-state index contributed by atoms with van der Waals surface area (Å²) in [5.41, 5.74) is 4.59. The van der Waals surface area contributed by atoms with Crippen LogP contribution in [0.2, 0.25) is 0 Å². The Bertz CT molecular complexity index is 1110. The molecule has 1 aromatic heterocycles. The molecule has 1 aliphatic heterocycles. The maximum Gasteiger partial charge on any atom is 0.256 e. The van der Waals surface area contributed by atoms with E-state index in [1.54, 1.807) is 11.3 Å². The fourth-order valence-electron chi connectivity index (χ4n) is 4.70. The maximum atomic E-state index is 13.0. The van der Waals surface area contributed by atoms with Gasteiger partial charge < -0.3 is 15.4 Å². The van der Waals surface area contributed by atoms with Crippen LogP contribution in [-0.2, 0) is 19.4 Å². The van der Waals surface area contributed by atoms with Gasteiger partial charge in [0.05, 0.1) is 5.56 Å². The van der Waals surface area contributed by atoms with Gasteiger partial charge in [-0.3, -0.25) is 4.79 Å². The molecule has 2 aromatic carbocycles. The minimum absolute atomic E-state index is 0.0415. The van der Waals surface area contributed by atoms with Crippen molar-refractivity contribution in [2.45, 2.75) is 52.8 Å². The Labute approximate surface area is 194 Å². The Hall–Kier alpha value is -2.79. The summed E-state index contributed by atoms with van der Waals surface area (Å²) in [6.45, 7) is 7.51. The van der Waals surface area contributed by atoms with Crippen LogP contribution in [0.25, 0.3) is 0 Å². The van der Waals surface area contributed by atoms with Crippen LogP contribution < -0.4 is 15.4 Å². The number of hydrogen-bond acceptors (Lipinski definition) is 4. The van der Waals surface area contributed by atoms with Crippen molar-refractivity contribution in [2.75, 3.05) is 5.32 Å². The van der Waals surface area contributed by atoms with E-state index in [4.69, 9.17) is 4.74 Å². The minimum atomic E-state index is -0.225. The first-order chi connectivity index (χ1) is 15.4. The van der Waals surface area contributed by atoms with Gasteiger partial charge in [0.15, 0.2) is 0 Å². The van der Waals surface area contributed by atoms with Crippen LogP contribution >= 0.6 is 11.3 Å². The van der Waals surface area contributed by atoms with Crippen LogP contribution in [0.5, 0.6) is 5.75 Å². The topological polar surface area (TPSA) is 50.4 Å². The highest BCUT2D eigenvalue weighted by molar-refractivity contribution is 7.16. The van der Waals surface area contributed by atoms with Crippen LogP contribution in [0.4, 0.5) is 5.00 Å². The van der Waals surface area contributed by atoms with E-state index in [0.29, 0.717) is 17.9 Å². The number of nitrogens with one attached hydrogen (secondary N) is 2. The van der Waals surface area contributed by atoms with Crippen LogP contribution in [0.3, 0.4) is 0 Å². The lowest BCUT2D eigenvalue weighted by molar-refractivity contribution is 0.0935. The molecule has 32 heavy (non-hydrogen) atoms. The highest BCUT2D eigenvalue weighted by Gasteiger charge is 2.36. The van der Waals surface area contributed by atoms with E-state index < -0.39 is 0 Å². The normalized spacial score (nSPS) is 20.0. The van der Waals surface area contributed by atoms with Crippen LogP contribution in [-0.4, -0.2) is 5.91 Å². The third-order valence-electron chi connectivity index (χ3n) is 6.73. The van der Waals surface area contributed by atoms with Gasteiger partial charge in [0.25, 0.3) is 5.91 Å². The van der Waals surface area contributed by atoms with E-state index in [2.05, 4.69) is 43.5 Å². The Morgan fingerprint density at radius 2 is 1.78 bits per heavy atom. The predicted octanol–water partition coefficient (Wildman–Crippen LogP) is 6.33. The Balaban J connectivity index is 1.30. The molecular formula is C27H30N2O2S. The van der Waals surface area contributed by atoms with E-state index in [1.807, 2.05) is 42.5 Å². The van der Waals surface area contributed by atoms with E-state index in [9.17, 15) is 4.79 Å². The molecule has 4 nitrogen and oxygen atoms in total. The van der Waals surface area contributed by atoms with Crippen LogP contribution in [0.1, 0.15) is 65.3 Å². The molecule has 5 rings (SSSR count). The fraction of sp³-hybridized carbons (Fsp3) is 0.370. The first kappa shape index (κ1) is 21.1. The second-order valence-corrected chi connectivity index (χ2v) is 11.0. The van der Waals surface area contributed by atoms with Gasteiger partial charge in [-0.2, -0.15) is 0 Å². The van der Waals surface area contributed by atoms with Crippen molar-refractivity contribution in [1.29, 1.82) is 0 Å². The summed E-state index contributed by atoms with van der Waals surface area (Å²) >= 11 is 1.77. The maximum absolute atomic E-state index is 13.0. The summed E-state index contributed by atoms with van der Waals surface area (Å²) in [4.78, 5) is 14.4. The molecule has 2 aliphatic rings. The van der Waals surface area contributed by atoms with Gasteiger partial charge >= 0.3 is 0 Å². The third kappa shape index (κ3) is 4.14. The van der Waals surface area contributed by atoms with Gasteiger partial charge in [0, 0.05) is 4.88 Å². The summed E-state index contributed by atoms with van der Waals surface area (Å²) in [7, 11) is 0. The van der Waals surface area contributed by atoms with Crippen LogP contribution in [0.15, 0.2) is 54.6 Å². The van der Waals surface area contributed by atoms with Crippen molar-refractivity contribution >= 4 is 22.2 Å². The Morgan fingerprint density at radius 3 is 2.50 bits per heavy atom. The molecule has 166 valence electrons. The zero-order valence-electron chi connectivity index (χ0n) is 18.9. The zero-order chi connectivity index (χ0) is 22.3. The smallest absolute Gasteiger partial charge is 0.256 e. The molecule has 0 saturated heterocycles. The average Bonchev–Trinajstić information content (AvgIpc) is 3.16. The van der Waals surface area contributed by atoms with E-state index in [0.717, 1.165) is 46.7 Å². The Kier molecular flexibility index (Phi) is 5.46. The number of anilines is 1. The molecule has 2 heterocycles. The number of ether oxygens (including phenoxy) is 1. The molecule has 3 aromatic rings. The summed E-state index contributed by atoms with van der Waals surface area (Å²) < 4.78 is 5.90. The number of carbonyl (C=O) groups is 1. The second-order valence-electron chi connectivity index (χ2n) is 9.91.